The number of phenols is 2. The molecule has 0 aliphatic heterocycles. The molecule has 0 spiro atoms. The van der Waals surface area contributed by atoms with Gasteiger partial charge in [0.05, 0.1) is 0 Å². The number of benzene rings is 2. The zero-order valence-corrected chi connectivity index (χ0v) is 16.8. The first-order valence-electron chi connectivity index (χ1n) is 10.5. The van der Waals surface area contributed by atoms with Crippen molar-refractivity contribution in [2.75, 3.05) is 0 Å². The van der Waals surface area contributed by atoms with Crippen molar-refractivity contribution < 1.29 is 14.9 Å². The Kier molecular flexibility index (Phi) is 9.03. The van der Waals surface area contributed by atoms with Crippen LogP contribution in [-0.4, -0.2) is 10.2 Å². The van der Waals surface area contributed by atoms with Crippen molar-refractivity contribution in [2.24, 2.45) is 0 Å². The fourth-order valence-corrected chi connectivity index (χ4v) is 3.27. The van der Waals surface area contributed by atoms with E-state index in [0.717, 1.165) is 48.3 Å². The average Bonchev–Trinajstić information content (AvgIpc) is 2.67. The van der Waals surface area contributed by atoms with Gasteiger partial charge in [-0.05, 0) is 73.2 Å². The maximum absolute atomic E-state index is 10.1. The standard InChI is InChI=1S/C24H34O3/c1-3-5-7-9-11-19-17-21(13-15-23(19)25)27-22-14-16-24(26)20(18-22)12-10-8-6-4-2/h13-18,25-26H,3-12H2,1-2H3. The van der Waals surface area contributed by atoms with Crippen molar-refractivity contribution in [3.63, 3.8) is 0 Å². The molecule has 0 aromatic heterocycles. The average molecular weight is 371 g/mol. The number of aryl methyl sites for hydroxylation is 2. The van der Waals surface area contributed by atoms with Crippen molar-refractivity contribution in [1.82, 2.24) is 0 Å². The first kappa shape index (κ1) is 21.1. The summed E-state index contributed by atoms with van der Waals surface area (Å²) >= 11 is 0. The third kappa shape index (κ3) is 7.16. The van der Waals surface area contributed by atoms with Crippen molar-refractivity contribution in [2.45, 2.75) is 78.1 Å². The summed E-state index contributed by atoms with van der Waals surface area (Å²) in [5.74, 6) is 2.11. The highest BCUT2D eigenvalue weighted by molar-refractivity contribution is 5.44. The lowest BCUT2D eigenvalue weighted by atomic mass is 10.0. The molecule has 0 atom stereocenters. The molecule has 3 nitrogen and oxygen atoms in total. The molecule has 2 N–H and O–H groups in total. The summed E-state index contributed by atoms with van der Waals surface area (Å²) in [5.41, 5.74) is 1.87. The molecule has 2 aromatic rings. The monoisotopic (exact) mass is 370 g/mol. The molecule has 0 amide bonds. The second kappa shape index (κ2) is 11.5. The summed E-state index contributed by atoms with van der Waals surface area (Å²) < 4.78 is 6.00. The van der Waals surface area contributed by atoms with E-state index in [2.05, 4.69) is 13.8 Å². The maximum Gasteiger partial charge on any atom is 0.127 e. The third-order valence-electron chi connectivity index (χ3n) is 4.94. The smallest absolute Gasteiger partial charge is 0.127 e. The molecule has 0 radical (unpaired) electrons. The first-order chi connectivity index (χ1) is 13.1. The Labute approximate surface area is 164 Å². The number of rotatable bonds is 12. The predicted molar refractivity (Wildman–Crippen MR) is 112 cm³/mol. The molecular formula is C24H34O3. The number of ether oxygens (including phenoxy) is 1. The van der Waals surface area contributed by atoms with Gasteiger partial charge in [0, 0.05) is 0 Å². The van der Waals surface area contributed by atoms with Crippen molar-refractivity contribution in [3.8, 4) is 23.0 Å². The molecule has 2 aromatic carbocycles. The van der Waals surface area contributed by atoms with Crippen LogP contribution in [0.1, 0.15) is 76.3 Å². The summed E-state index contributed by atoms with van der Waals surface area (Å²) in [7, 11) is 0. The Morgan fingerprint density at radius 3 is 1.48 bits per heavy atom. The Bertz CT molecular complexity index is 635. The molecule has 0 saturated carbocycles. The summed E-state index contributed by atoms with van der Waals surface area (Å²) in [5, 5.41) is 20.2. The molecule has 0 unspecified atom stereocenters. The van der Waals surface area contributed by atoms with Gasteiger partial charge < -0.3 is 14.9 Å². The van der Waals surface area contributed by atoms with E-state index in [1.807, 2.05) is 12.1 Å². The maximum atomic E-state index is 10.1. The molecule has 0 bridgehead atoms. The number of unbranched alkanes of at least 4 members (excludes halogenated alkanes) is 6. The van der Waals surface area contributed by atoms with E-state index in [9.17, 15) is 10.2 Å². The van der Waals surface area contributed by atoms with Gasteiger partial charge in [-0.1, -0.05) is 52.4 Å². The van der Waals surface area contributed by atoms with Crippen LogP contribution in [0.5, 0.6) is 23.0 Å². The molecule has 0 saturated heterocycles. The SMILES string of the molecule is CCCCCCc1cc(Oc2ccc(O)c(CCCCCC)c2)ccc1O. The normalized spacial score (nSPS) is 10.9. The molecule has 0 aliphatic carbocycles. The van der Waals surface area contributed by atoms with E-state index < -0.39 is 0 Å². The second-order valence-corrected chi connectivity index (χ2v) is 7.30. The number of hydrogen-bond donors (Lipinski definition) is 2. The van der Waals surface area contributed by atoms with Gasteiger partial charge in [0.25, 0.3) is 0 Å². The van der Waals surface area contributed by atoms with Crippen LogP contribution in [0.2, 0.25) is 0 Å². The van der Waals surface area contributed by atoms with E-state index in [0.29, 0.717) is 11.5 Å². The van der Waals surface area contributed by atoms with Gasteiger partial charge in [0.1, 0.15) is 23.0 Å². The molecule has 27 heavy (non-hydrogen) atoms. The Balaban J connectivity index is 2.01. The fourth-order valence-electron chi connectivity index (χ4n) is 3.27. The van der Waals surface area contributed by atoms with Crippen molar-refractivity contribution in [3.05, 3.63) is 47.5 Å². The van der Waals surface area contributed by atoms with Gasteiger partial charge >= 0.3 is 0 Å². The summed E-state index contributed by atoms with van der Waals surface area (Å²) in [6.45, 7) is 4.39. The quantitative estimate of drug-likeness (QED) is 0.390. The van der Waals surface area contributed by atoms with Crippen LogP contribution in [0.4, 0.5) is 0 Å². The molecular weight excluding hydrogens is 336 g/mol. The van der Waals surface area contributed by atoms with E-state index in [1.54, 1.807) is 24.3 Å². The highest BCUT2D eigenvalue weighted by atomic mass is 16.5. The topological polar surface area (TPSA) is 49.7 Å². The van der Waals surface area contributed by atoms with Crippen molar-refractivity contribution >= 4 is 0 Å². The van der Waals surface area contributed by atoms with Gasteiger partial charge in [-0.25, -0.2) is 0 Å². The molecule has 0 fully saturated rings. The van der Waals surface area contributed by atoms with Gasteiger partial charge in [-0.2, -0.15) is 0 Å². The lowest BCUT2D eigenvalue weighted by Gasteiger charge is -2.12. The zero-order valence-electron chi connectivity index (χ0n) is 16.8. The second-order valence-electron chi connectivity index (χ2n) is 7.30. The zero-order chi connectivity index (χ0) is 19.5. The summed E-state index contributed by atoms with van der Waals surface area (Å²) in [6.07, 6.45) is 11.1. The van der Waals surface area contributed by atoms with Gasteiger partial charge in [-0.3, -0.25) is 0 Å². The van der Waals surface area contributed by atoms with Crippen LogP contribution in [0.15, 0.2) is 36.4 Å². The van der Waals surface area contributed by atoms with E-state index >= 15 is 0 Å². The van der Waals surface area contributed by atoms with Crippen LogP contribution in [0.25, 0.3) is 0 Å². The Morgan fingerprint density at radius 1 is 0.630 bits per heavy atom. The van der Waals surface area contributed by atoms with Gasteiger partial charge in [0.15, 0.2) is 0 Å². The van der Waals surface area contributed by atoms with E-state index in [-0.39, 0.29) is 0 Å². The molecule has 2 rings (SSSR count). The number of phenolic OH excluding ortho intramolecular Hbond substituents is 2. The molecule has 0 heterocycles. The molecule has 3 heteroatoms. The first-order valence-corrected chi connectivity index (χ1v) is 10.5. The van der Waals surface area contributed by atoms with Gasteiger partial charge in [0.2, 0.25) is 0 Å². The predicted octanol–water partition coefficient (Wildman–Crippen LogP) is 7.14. The largest absolute Gasteiger partial charge is 0.508 e. The van der Waals surface area contributed by atoms with E-state index in [1.165, 1.54) is 38.5 Å². The minimum absolute atomic E-state index is 0.334. The number of aromatic hydroxyl groups is 2. The highest BCUT2D eigenvalue weighted by Crippen LogP contribution is 2.31. The summed E-state index contributed by atoms with van der Waals surface area (Å²) in [4.78, 5) is 0. The van der Waals surface area contributed by atoms with Crippen LogP contribution >= 0.6 is 0 Å². The molecule has 0 aliphatic rings. The third-order valence-corrected chi connectivity index (χ3v) is 4.94. The lowest BCUT2D eigenvalue weighted by Crippen LogP contribution is -1.92. The van der Waals surface area contributed by atoms with Crippen LogP contribution in [0, 0.1) is 0 Å². The summed E-state index contributed by atoms with van der Waals surface area (Å²) in [6, 6.07) is 10.8. The van der Waals surface area contributed by atoms with Gasteiger partial charge in [-0.15, -0.1) is 0 Å². The Morgan fingerprint density at radius 2 is 1.07 bits per heavy atom. The lowest BCUT2D eigenvalue weighted by molar-refractivity contribution is 0.450. The van der Waals surface area contributed by atoms with Crippen LogP contribution in [0.3, 0.4) is 0 Å². The Hall–Kier alpha value is -2.16. The fraction of sp³-hybridized carbons (Fsp3) is 0.500. The molecule has 148 valence electrons. The minimum Gasteiger partial charge on any atom is -0.508 e. The highest BCUT2D eigenvalue weighted by Gasteiger charge is 2.08. The minimum atomic E-state index is 0.334. The van der Waals surface area contributed by atoms with Crippen molar-refractivity contribution in [1.29, 1.82) is 0 Å². The van der Waals surface area contributed by atoms with Crippen LogP contribution < -0.4 is 4.74 Å². The number of hydrogen-bond acceptors (Lipinski definition) is 3. The van der Waals surface area contributed by atoms with Crippen LogP contribution in [-0.2, 0) is 12.8 Å². The van der Waals surface area contributed by atoms with E-state index in [4.69, 9.17) is 4.74 Å².